The molecule has 3 heterocycles. The first-order chi connectivity index (χ1) is 12.2. The molecular formula is C17H17N5O2S. The van der Waals surface area contributed by atoms with Gasteiger partial charge in [0.25, 0.3) is 0 Å². The van der Waals surface area contributed by atoms with Crippen LogP contribution in [0.3, 0.4) is 0 Å². The third kappa shape index (κ3) is 4.16. The van der Waals surface area contributed by atoms with Crippen LogP contribution in [0.15, 0.2) is 42.9 Å². The highest BCUT2D eigenvalue weighted by atomic mass is 32.1. The lowest BCUT2D eigenvalue weighted by Crippen LogP contribution is -2.16. The van der Waals surface area contributed by atoms with Crippen LogP contribution in [-0.2, 0) is 4.79 Å². The first-order valence-electron chi connectivity index (χ1n) is 7.85. The Balaban J connectivity index is 1.92. The second kappa shape index (κ2) is 7.80. The van der Waals surface area contributed by atoms with Crippen LogP contribution >= 0.6 is 11.3 Å². The number of thiazole rings is 1. The number of pyridine rings is 1. The van der Waals surface area contributed by atoms with E-state index >= 15 is 0 Å². The van der Waals surface area contributed by atoms with Gasteiger partial charge in [-0.05, 0) is 24.6 Å². The van der Waals surface area contributed by atoms with Gasteiger partial charge in [-0.25, -0.2) is 15.0 Å². The van der Waals surface area contributed by atoms with Crippen LogP contribution in [0.2, 0.25) is 0 Å². The van der Waals surface area contributed by atoms with Gasteiger partial charge in [0.05, 0.1) is 11.6 Å². The van der Waals surface area contributed by atoms with Crippen molar-refractivity contribution in [3.63, 3.8) is 0 Å². The molecule has 0 fully saturated rings. The molecule has 0 radical (unpaired) electrons. The van der Waals surface area contributed by atoms with Gasteiger partial charge in [0.2, 0.25) is 11.0 Å². The maximum atomic E-state index is 12.2. The van der Waals surface area contributed by atoms with E-state index in [9.17, 15) is 4.79 Å². The molecule has 8 heteroatoms. The molecule has 1 atom stereocenters. The standard InChI is InChI=1S/C17H17N5O2S/c1-3-11(2)14(23)24-15-13(12-7-4-5-8-18-12)21-17(25-15)22-16-19-9-6-10-20-16/h4-11H,3H2,1-2H3,(H,19,20,21,22). The Labute approximate surface area is 149 Å². The molecule has 0 aliphatic heterocycles. The SMILES string of the molecule is CCC(C)C(=O)Oc1sc(Nc2ncccn2)nc1-c1ccccn1. The summed E-state index contributed by atoms with van der Waals surface area (Å²) in [6.07, 6.45) is 5.64. The maximum absolute atomic E-state index is 12.2. The Morgan fingerprint density at radius 2 is 1.96 bits per heavy atom. The Bertz CT molecular complexity index is 839. The van der Waals surface area contributed by atoms with Crippen LogP contribution < -0.4 is 10.1 Å². The fraction of sp³-hybridized carbons (Fsp3) is 0.235. The summed E-state index contributed by atoms with van der Waals surface area (Å²) in [7, 11) is 0. The molecule has 3 aromatic rings. The van der Waals surface area contributed by atoms with Gasteiger partial charge < -0.3 is 4.74 Å². The molecule has 128 valence electrons. The van der Waals surface area contributed by atoms with Crippen LogP contribution in [0.4, 0.5) is 11.1 Å². The number of nitrogens with one attached hydrogen (secondary N) is 1. The molecule has 0 saturated heterocycles. The summed E-state index contributed by atoms with van der Waals surface area (Å²) in [6, 6.07) is 7.22. The third-order valence-corrected chi connectivity index (χ3v) is 4.34. The van der Waals surface area contributed by atoms with E-state index in [2.05, 4.69) is 25.3 Å². The molecule has 0 amide bonds. The summed E-state index contributed by atoms with van der Waals surface area (Å²) in [4.78, 5) is 29.2. The molecule has 0 spiro atoms. The molecule has 0 bridgehead atoms. The summed E-state index contributed by atoms with van der Waals surface area (Å²) < 4.78 is 5.57. The summed E-state index contributed by atoms with van der Waals surface area (Å²) >= 11 is 1.22. The molecule has 3 rings (SSSR count). The molecule has 0 aromatic carbocycles. The third-order valence-electron chi connectivity index (χ3n) is 3.50. The minimum atomic E-state index is -0.286. The molecule has 0 aliphatic rings. The van der Waals surface area contributed by atoms with Gasteiger partial charge in [0.1, 0.15) is 5.69 Å². The number of esters is 1. The average Bonchev–Trinajstić information content (AvgIpc) is 3.04. The maximum Gasteiger partial charge on any atom is 0.314 e. The molecule has 1 unspecified atom stereocenters. The first-order valence-corrected chi connectivity index (χ1v) is 8.67. The fourth-order valence-corrected chi connectivity index (χ4v) is 2.74. The lowest BCUT2D eigenvalue weighted by atomic mass is 10.1. The Hall–Kier alpha value is -2.87. The summed E-state index contributed by atoms with van der Waals surface area (Å²) in [5.41, 5.74) is 1.15. The van der Waals surface area contributed by atoms with E-state index in [-0.39, 0.29) is 11.9 Å². The minimum Gasteiger partial charge on any atom is -0.413 e. The van der Waals surface area contributed by atoms with E-state index in [4.69, 9.17) is 4.74 Å². The fourth-order valence-electron chi connectivity index (χ4n) is 1.91. The van der Waals surface area contributed by atoms with Gasteiger partial charge >= 0.3 is 5.97 Å². The predicted octanol–water partition coefficient (Wildman–Crippen LogP) is 3.69. The van der Waals surface area contributed by atoms with Crippen molar-refractivity contribution in [3.8, 4) is 16.5 Å². The summed E-state index contributed by atoms with van der Waals surface area (Å²) in [6.45, 7) is 3.78. The van der Waals surface area contributed by atoms with Crippen LogP contribution in [-0.4, -0.2) is 25.9 Å². The van der Waals surface area contributed by atoms with Crippen LogP contribution in [0.5, 0.6) is 5.06 Å². The van der Waals surface area contributed by atoms with Crippen LogP contribution in [0, 0.1) is 5.92 Å². The van der Waals surface area contributed by atoms with Gasteiger partial charge in [-0.3, -0.25) is 15.1 Å². The van der Waals surface area contributed by atoms with Gasteiger partial charge in [-0.15, -0.1) is 0 Å². The van der Waals surface area contributed by atoms with Gasteiger partial charge in [-0.1, -0.05) is 31.3 Å². The van der Waals surface area contributed by atoms with E-state index in [0.717, 1.165) is 0 Å². The molecule has 25 heavy (non-hydrogen) atoms. The van der Waals surface area contributed by atoms with Gasteiger partial charge in [0, 0.05) is 18.6 Å². The second-order valence-corrected chi connectivity index (χ2v) is 6.26. The predicted molar refractivity (Wildman–Crippen MR) is 95.7 cm³/mol. The highest BCUT2D eigenvalue weighted by Gasteiger charge is 2.21. The Morgan fingerprint density at radius 1 is 1.20 bits per heavy atom. The number of ether oxygens (including phenoxy) is 1. The average molecular weight is 355 g/mol. The summed E-state index contributed by atoms with van der Waals surface area (Å²) in [5.74, 6) is -0.0537. The van der Waals surface area contributed by atoms with E-state index in [1.807, 2.05) is 32.0 Å². The van der Waals surface area contributed by atoms with Crippen molar-refractivity contribution in [2.24, 2.45) is 5.92 Å². The number of aromatic nitrogens is 4. The molecule has 0 aliphatic carbocycles. The number of hydrogen-bond acceptors (Lipinski definition) is 8. The molecule has 0 saturated carbocycles. The smallest absolute Gasteiger partial charge is 0.314 e. The monoisotopic (exact) mass is 355 g/mol. The van der Waals surface area contributed by atoms with Crippen molar-refractivity contribution in [3.05, 3.63) is 42.9 Å². The quantitative estimate of drug-likeness (QED) is 0.674. The van der Waals surface area contributed by atoms with Crippen molar-refractivity contribution >= 4 is 28.4 Å². The van der Waals surface area contributed by atoms with Gasteiger partial charge in [0.15, 0.2) is 5.13 Å². The number of hydrogen-bond donors (Lipinski definition) is 1. The van der Waals surface area contributed by atoms with Crippen molar-refractivity contribution in [2.45, 2.75) is 20.3 Å². The van der Waals surface area contributed by atoms with E-state index < -0.39 is 0 Å². The van der Waals surface area contributed by atoms with E-state index in [0.29, 0.717) is 34.0 Å². The highest BCUT2D eigenvalue weighted by Crippen LogP contribution is 2.38. The Morgan fingerprint density at radius 3 is 2.64 bits per heavy atom. The normalized spacial score (nSPS) is 11.8. The highest BCUT2D eigenvalue weighted by molar-refractivity contribution is 7.18. The Kier molecular flexibility index (Phi) is 5.30. The lowest BCUT2D eigenvalue weighted by molar-refractivity contribution is -0.138. The van der Waals surface area contributed by atoms with E-state index in [1.54, 1.807) is 24.7 Å². The summed E-state index contributed by atoms with van der Waals surface area (Å²) in [5, 5.41) is 3.95. The number of nitrogens with zero attached hydrogens (tertiary/aromatic N) is 4. The molecule has 1 N–H and O–H groups in total. The number of anilines is 2. The van der Waals surface area contributed by atoms with Gasteiger partial charge in [-0.2, -0.15) is 0 Å². The van der Waals surface area contributed by atoms with E-state index in [1.165, 1.54) is 11.3 Å². The van der Waals surface area contributed by atoms with Crippen molar-refractivity contribution < 1.29 is 9.53 Å². The largest absolute Gasteiger partial charge is 0.413 e. The first kappa shape index (κ1) is 17.0. The van der Waals surface area contributed by atoms with Crippen molar-refractivity contribution in [1.82, 2.24) is 19.9 Å². The zero-order chi connectivity index (χ0) is 17.6. The minimum absolute atomic E-state index is 0.187. The van der Waals surface area contributed by atoms with Crippen molar-refractivity contribution in [2.75, 3.05) is 5.32 Å². The number of carbonyl (C=O) groups is 1. The zero-order valence-corrected chi connectivity index (χ0v) is 14.7. The lowest BCUT2D eigenvalue weighted by Gasteiger charge is -2.07. The van der Waals surface area contributed by atoms with Crippen molar-refractivity contribution in [1.29, 1.82) is 0 Å². The number of rotatable bonds is 6. The topological polar surface area (TPSA) is 89.9 Å². The zero-order valence-electron chi connectivity index (χ0n) is 13.8. The second-order valence-electron chi connectivity index (χ2n) is 5.30. The van der Waals surface area contributed by atoms with Crippen LogP contribution in [0.25, 0.3) is 11.4 Å². The molecule has 3 aromatic heterocycles. The number of carbonyl (C=O) groups excluding carboxylic acids is 1. The van der Waals surface area contributed by atoms with Crippen LogP contribution in [0.1, 0.15) is 20.3 Å². The molecule has 7 nitrogen and oxygen atoms in total. The molecular weight excluding hydrogens is 338 g/mol.